The van der Waals surface area contributed by atoms with E-state index in [9.17, 15) is 5.11 Å². The summed E-state index contributed by atoms with van der Waals surface area (Å²) in [7, 11) is 1.85. The first kappa shape index (κ1) is 15.0. The van der Waals surface area contributed by atoms with Crippen LogP contribution in [0.5, 0.6) is 0 Å². The maximum absolute atomic E-state index is 10.4. The molecule has 1 saturated carbocycles. The Morgan fingerprint density at radius 2 is 1.80 bits per heavy atom. The summed E-state index contributed by atoms with van der Waals surface area (Å²) in [6.45, 7) is 6.83. The molecule has 0 radical (unpaired) electrons. The van der Waals surface area contributed by atoms with Gasteiger partial charge in [0.2, 0.25) is 0 Å². The topological polar surface area (TPSA) is 70.1 Å². The van der Waals surface area contributed by atoms with Gasteiger partial charge in [0.25, 0.3) is 0 Å². The van der Waals surface area contributed by atoms with Crippen molar-refractivity contribution >= 4 is 11.6 Å². The Morgan fingerprint density at radius 1 is 1.20 bits per heavy atom. The first-order valence-corrected chi connectivity index (χ1v) is 7.36. The zero-order valence-corrected chi connectivity index (χ0v) is 13.0. The van der Waals surface area contributed by atoms with Gasteiger partial charge in [-0.15, -0.1) is 0 Å². The van der Waals surface area contributed by atoms with Crippen molar-refractivity contribution in [2.75, 3.05) is 24.2 Å². The van der Waals surface area contributed by atoms with Crippen LogP contribution >= 0.6 is 0 Å². The van der Waals surface area contributed by atoms with Crippen molar-refractivity contribution in [2.24, 2.45) is 0 Å². The molecule has 1 aromatic heterocycles. The number of aromatic nitrogens is 2. The number of hydrogen-bond acceptors (Lipinski definition) is 5. The van der Waals surface area contributed by atoms with E-state index in [1.165, 1.54) is 0 Å². The van der Waals surface area contributed by atoms with E-state index >= 15 is 0 Å². The Labute approximate surface area is 121 Å². The minimum atomic E-state index is -0.577. The average Bonchev–Trinajstić information content (AvgIpc) is 2.82. The molecule has 0 amide bonds. The van der Waals surface area contributed by atoms with Gasteiger partial charge in [-0.05, 0) is 12.8 Å². The van der Waals surface area contributed by atoms with E-state index < -0.39 is 5.60 Å². The molecule has 2 rings (SSSR count). The molecule has 0 aromatic carbocycles. The third-order valence-corrected chi connectivity index (χ3v) is 3.79. The largest absolute Gasteiger partial charge is 0.388 e. The molecule has 0 aliphatic heterocycles. The zero-order chi connectivity index (χ0) is 14.8. The van der Waals surface area contributed by atoms with Crippen molar-refractivity contribution in [3.63, 3.8) is 0 Å². The van der Waals surface area contributed by atoms with E-state index in [2.05, 4.69) is 41.4 Å². The van der Waals surface area contributed by atoms with Crippen LogP contribution in [0.1, 0.15) is 52.3 Å². The number of nitrogens with one attached hydrogen (secondary N) is 2. The minimum absolute atomic E-state index is 0.104. The van der Waals surface area contributed by atoms with Crippen LogP contribution in [0, 0.1) is 0 Å². The van der Waals surface area contributed by atoms with Crippen molar-refractivity contribution < 1.29 is 5.11 Å². The molecule has 3 N–H and O–H groups in total. The molecule has 112 valence electrons. The summed E-state index contributed by atoms with van der Waals surface area (Å²) in [6, 6.07) is 1.88. The van der Waals surface area contributed by atoms with E-state index in [0.29, 0.717) is 6.54 Å². The Morgan fingerprint density at radius 3 is 2.35 bits per heavy atom. The van der Waals surface area contributed by atoms with Gasteiger partial charge in [0, 0.05) is 25.1 Å². The molecule has 0 bridgehead atoms. The number of anilines is 2. The maximum Gasteiger partial charge on any atom is 0.138 e. The molecule has 5 heteroatoms. The second-order valence-electron chi connectivity index (χ2n) is 6.75. The standard InChI is InChI=1S/C15H26N4O/c1-14(2,3)13-18-11(16-4)9-12(19-13)17-10-15(20)7-5-6-8-15/h9,20H,5-8,10H2,1-4H3,(H2,16,17,18,19). The summed E-state index contributed by atoms with van der Waals surface area (Å²) < 4.78 is 0. The molecule has 0 saturated heterocycles. The van der Waals surface area contributed by atoms with E-state index in [1.54, 1.807) is 0 Å². The Hall–Kier alpha value is -1.36. The van der Waals surface area contributed by atoms with Crippen molar-refractivity contribution in [1.29, 1.82) is 0 Å². The lowest BCUT2D eigenvalue weighted by Gasteiger charge is -2.24. The Bertz CT molecular complexity index is 461. The van der Waals surface area contributed by atoms with Crippen LogP contribution in [0.2, 0.25) is 0 Å². The van der Waals surface area contributed by atoms with Gasteiger partial charge in [-0.3, -0.25) is 0 Å². The van der Waals surface area contributed by atoms with Crippen LogP contribution < -0.4 is 10.6 Å². The Balaban J connectivity index is 2.14. The number of hydrogen-bond donors (Lipinski definition) is 3. The second kappa shape index (κ2) is 5.56. The lowest BCUT2D eigenvalue weighted by atomic mass is 9.96. The van der Waals surface area contributed by atoms with Crippen LogP contribution in [0.3, 0.4) is 0 Å². The van der Waals surface area contributed by atoms with Gasteiger partial charge >= 0.3 is 0 Å². The molecule has 1 aromatic rings. The summed E-state index contributed by atoms with van der Waals surface area (Å²) in [5.74, 6) is 2.37. The molecule has 1 aliphatic rings. The van der Waals surface area contributed by atoms with E-state index in [4.69, 9.17) is 0 Å². The molecule has 0 spiro atoms. The molecule has 1 aliphatic carbocycles. The molecule has 5 nitrogen and oxygen atoms in total. The molecular weight excluding hydrogens is 252 g/mol. The van der Waals surface area contributed by atoms with Crippen molar-refractivity contribution in [2.45, 2.75) is 57.5 Å². The van der Waals surface area contributed by atoms with Gasteiger partial charge in [-0.1, -0.05) is 33.6 Å². The van der Waals surface area contributed by atoms with Gasteiger partial charge in [-0.25, -0.2) is 9.97 Å². The van der Waals surface area contributed by atoms with Crippen molar-refractivity contribution in [1.82, 2.24) is 9.97 Å². The number of aliphatic hydroxyl groups is 1. The third-order valence-electron chi connectivity index (χ3n) is 3.79. The smallest absolute Gasteiger partial charge is 0.138 e. The summed E-state index contributed by atoms with van der Waals surface area (Å²) in [6.07, 6.45) is 3.96. The zero-order valence-electron chi connectivity index (χ0n) is 13.0. The van der Waals surface area contributed by atoms with Gasteiger partial charge in [0.15, 0.2) is 0 Å². The SMILES string of the molecule is CNc1cc(NCC2(O)CCCC2)nc(C(C)(C)C)n1. The predicted molar refractivity (Wildman–Crippen MR) is 82.2 cm³/mol. The van der Waals surface area contributed by atoms with Gasteiger partial charge in [0.1, 0.15) is 17.5 Å². The van der Waals surface area contributed by atoms with Crippen LogP contribution in [0.25, 0.3) is 0 Å². The van der Waals surface area contributed by atoms with E-state index in [0.717, 1.165) is 43.1 Å². The third kappa shape index (κ3) is 3.60. The summed E-state index contributed by atoms with van der Waals surface area (Å²) >= 11 is 0. The monoisotopic (exact) mass is 278 g/mol. The van der Waals surface area contributed by atoms with Gasteiger partial charge < -0.3 is 15.7 Å². The van der Waals surface area contributed by atoms with Crippen LogP contribution in [-0.4, -0.2) is 34.3 Å². The highest BCUT2D eigenvalue weighted by Crippen LogP contribution is 2.30. The highest BCUT2D eigenvalue weighted by molar-refractivity contribution is 5.48. The van der Waals surface area contributed by atoms with Crippen LogP contribution in [0.15, 0.2) is 6.07 Å². The Kier molecular flexibility index (Phi) is 4.18. The fourth-order valence-electron chi connectivity index (χ4n) is 2.47. The van der Waals surface area contributed by atoms with Crippen LogP contribution in [0.4, 0.5) is 11.6 Å². The van der Waals surface area contributed by atoms with E-state index in [1.807, 2.05) is 13.1 Å². The summed E-state index contributed by atoms with van der Waals surface area (Å²) in [5.41, 5.74) is -0.680. The average molecular weight is 278 g/mol. The molecule has 0 unspecified atom stereocenters. The summed E-state index contributed by atoms with van der Waals surface area (Å²) in [4.78, 5) is 9.07. The van der Waals surface area contributed by atoms with E-state index in [-0.39, 0.29) is 5.41 Å². The quantitative estimate of drug-likeness (QED) is 0.789. The second-order valence-corrected chi connectivity index (χ2v) is 6.75. The minimum Gasteiger partial charge on any atom is -0.388 e. The maximum atomic E-state index is 10.4. The normalized spacial score (nSPS) is 18.1. The predicted octanol–water partition coefficient (Wildman–Crippen LogP) is 2.53. The van der Waals surface area contributed by atoms with Crippen LogP contribution in [-0.2, 0) is 5.41 Å². The molecule has 20 heavy (non-hydrogen) atoms. The number of nitrogens with zero attached hydrogens (tertiary/aromatic N) is 2. The first-order valence-electron chi connectivity index (χ1n) is 7.36. The fourth-order valence-corrected chi connectivity index (χ4v) is 2.47. The van der Waals surface area contributed by atoms with Gasteiger partial charge in [-0.2, -0.15) is 0 Å². The van der Waals surface area contributed by atoms with Crippen molar-refractivity contribution in [3.05, 3.63) is 11.9 Å². The molecule has 0 atom stereocenters. The van der Waals surface area contributed by atoms with Gasteiger partial charge in [0.05, 0.1) is 5.60 Å². The molecule has 1 fully saturated rings. The molecular formula is C15H26N4O. The lowest BCUT2D eigenvalue weighted by Crippen LogP contribution is -2.34. The highest BCUT2D eigenvalue weighted by atomic mass is 16.3. The van der Waals surface area contributed by atoms with Crippen molar-refractivity contribution in [3.8, 4) is 0 Å². The highest BCUT2D eigenvalue weighted by Gasteiger charge is 2.31. The molecule has 1 heterocycles. The lowest BCUT2D eigenvalue weighted by molar-refractivity contribution is 0.0614. The summed E-state index contributed by atoms with van der Waals surface area (Å²) in [5, 5.41) is 16.7. The number of rotatable bonds is 4. The fraction of sp³-hybridized carbons (Fsp3) is 0.733. The first-order chi connectivity index (χ1) is 9.32.